The van der Waals surface area contributed by atoms with Gasteiger partial charge in [-0.1, -0.05) is 18.2 Å². The Kier molecular flexibility index (Phi) is 4.98. The topological polar surface area (TPSA) is 85.4 Å². The number of Topliss-reactive ketones (excluding diaryl/α,β-unsaturated/α-hetero) is 1. The van der Waals surface area contributed by atoms with Gasteiger partial charge in [0.05, 0.1) is 5.69 Å². The van der Waals surface area contributed by atoms with Crippen LogP contribution in [0.1, 0.15) is 27.8 Å². The molecule has 2 aromatic rings. The molecule has 1 heterocycles. The van der Waals surface area contributed by atoms with Gasteiger partial charge in [-0.15, -0.1) is 0 Å². The number of carbonyl (C=O) groups excluding carboxylic acids is 3. The maximum atomic E-state index is 11.8. The molecule has 0 bridgehead atoms. The lowest BCUT2D eigenvalue weighted by atomic mass is 10.1. The number of aromatic nitrogens is 1. The number of amides is 1. The van der Waals surface area contributed by atoms with Crippen LogP contribution in [0.4, 0.5) is 5.69 Å². The zero-order chi connectivity index (χ0) is 15.9. The number of esters is 1. The third-order valence-electron chi connectivity index (χ3n) is 2.79. The van der Waals surface area contributed by atoms with Gasteiger partial charge in [0.15, 0.2) is 12.4 Å². The number of para-hydroxylation sites is 1. The smallest absolute Gasteiger partial charge is 0.357 e. The van der Waals surface area contributed by atoms with E-state index in [0.29, 0.717) is 11.3 Å². The van der Waals surface area contributed by atoms with Crippen LogP contribution in [-0.2, 0) is 9.53 Å². The quantitative estimate of drug-likeness (QED) is 0.674. The van der Waals surface area contributed by atoms with Crippen molar-refractivity contribution in [1.82, 2.24) is 4.98 Å². The summed E-state index contributed by atoms with van der Waals surface area (Å²) in [7, 11) is 0. The fourth-order valence-electron chi connectivity index (χ4n) is 1.77. The molecule has 1 aromatic carbocycles. The fraction of sp³-hybridized carbons (Fsp3) is 0.125. The summed E-state index contributed by atoms with van der Waals surface area (Å²) in [4.78, 5) is 38.7. The molecule has 6 nitrogen and oxygen atoms in total. The summed E-state index contributed by atoms with van der Waals surface area (Å²) in [6.45, 7) is 0.952. The second kappa shape index (κ2) is 7.12. The van der Waals surface area contributed by atoms with Crippen molar-refractivity contribution in [2.75, 3.05) is 11.9 Å². The molecule has 112 valence electrons. The van der Waals surface area contributed by atoms with E-state index in [0.717, 1.165) is 0 Å². The van der Waals surface area contributed by atoms with Crippen LogP contribution in [0, 0.1) is 0 Å². The predicted octanol–water partition coefficient (Wildman–Crippen LogP) is 2.08. The number of nitrogens with zero attached hydrogens (tertiary/aromatic N) is 1. The fourth-order valence-corrected chi connectivity index (χ4v) is 1.77. The molecule has 0 fully saturated rings. The number of hydrogen-bond donors (Lipinski definition) is 1. The lowest BCUT2D eigenvalue weighted by Crippen LogP contribution is -2.22. The van der Waals surface area contributed by atoms with E-state index in [9.17, 15) is 14.4 Å². The lowest BCUT2D eigenvalue weighted by Gasteiger charge is -2.09. The van der Waals surface area contributed by atoms with Crippen LogP contribution < -0.4 is 5.32 Å². The molecule has 0 aliphatic rings. The largest absolute Gasteiger partial charge is 0.451 e. The van der Waals surface area contributed by atoms with Crippen LogP contribution in [0.15, 0.2) is 48.7 Å². The van der Waals surface area contributed by atoms with Crippen LogP contribution in [0.25, 0.3) is 0 Å². The number of carbonyl (C=O) groups is 3. The van der Waals surface area contributed by atoms with Crippen molar-refractivity contribution < 1.29 is 19.1 Å². The van der Waals surface area contributed by atoms with Crippen LogP contribution in [-0.4, -0.2) is 29.3 Å². The van der Waals surface area contributed by atoms with Crippen LogP contribution in [0.5, 0.6) is 0 Å². The highest BCUT2D eigenvalue weighted by Crippen LogP contribution is 2.15. The van der Waals surface area contributed by atoms with E-state index in [2.05, 4.69) is 10.3 Å². The maximum absolute atomic E-state index is 11.8. The van der Waals surface area contributed by atoms with Crippen molar-refractivity contribution in [2.45, 2.75) is 6.92 Å². The summed E-state index contributed by atoms with van der Waals surface area (Å²) in [6, 6.07) is 11.4. The second-order valence-corrected chi connectivity index (χ2v) is 4.44. The third-order valence-corrected chi connectivity index (χ3v) is 2.79. The van der Waals surface area contributed by atoms with E-state index >= 15 is 0 Å². The van der Waals surface area contributed by atoms with E-state index < -0.39 is 18.5 Å². The zero-order valence-corrected chi connectivity index (χ0v) is 11.9. The van der Waals surface area contributed by atoms with Crippen molar-refractivity contribution in [2.24, 2.45) is 0 Å². The van der Waals surface area contributed by atoms with Gasteiger partial charge in [0.2, 0.25) is 0 Å². The van der Waals surface area contributed by atoms with Gasteiger partial charge >= 0.3 is 5.97 Å². The maximum Gasteiger partial charge on any atom is 0.357 e. The van der Waals surface area contributed by atoms with Gasteiger partial charge in [0.1, 0.15) is 5.69 Å². The van der Waals surface area contributed by atoms with Gasteiger partial charge in [-0.25, -0.2) is 9.78 Å². The highest BCUT2D eigenvalue weighted by molar-refractivity contribution is 6.04. The summed E-state index contributed by atoms with van der Waals surface area (Å²) in [5.74, 6) is -1.38. The van der Waals surface area contributed by atoms with E-state index in [-0.39, 0.29) is 11.5 Å². The van der Waals surface area contributed by atoms with Crippen molar-refractivity contribution in [3.05, 3.63) is 59.9 Å². The molecule has 0 unspecified atom stereocenters. The average Bonchev–Trinajstić information content (AvgIpc) is 2.53. The molecule has 0 aliphatic carbocycles. The first-order valence-corrected chi connectivity index (χ1v) is 6.56. The molecule has 0 radical (unpaired) electrons. The number of ketones is 1. The average molecular weight is 298 g/mol. The molecule has 1 N–H and O–H groups in total. The number of ether oxygens (including phenoxy) is 1. The minimum Gasteiger partial charge on any atom is -0.451 e. The van der Waals surface area contributed by atoms with E-state index in [1.165, 1.54) is 19.2 Å². The Balaban J connectivity index is 1.94. The number of rotatable bonds is 5. The van der Waals surface area contributed by atoms with Crippen molar-refractivity contribution in [1.29, 1.82) is 0 Å². The molecule has 22 heavy (non-hydrogen) atoms. The predicted molar refractivity (Wildman–Crippen MR) is 79.6 cm³/mol. The normalized spacial score (nSPS) is 9.86. The first-order valence-electron chi connectivity index (χ1n) is 6.56. The molecule has 0 aliphatic heterocycles. The van der Waals surface area contributed by atoms with Crippen LogP contribution in [0.2, 0.25) is 0 Å². The standard InChI is InChI=1S/C16H14N2O4/c1-11(19)12-6-2-3-7-13(12)18-15(20)10-22-16(21)14-8-4-5-9-17-14/h2-9H,10H2,1H3,(H,18,20). The third kappa shape index (κ3) is 3.99. The molecule has 1 aromatic heterocycles. The molecular weight excluding hydrogens is 284 g/mol. The van der Waals surface area contributed by atoms with Gasteiger partial charge in [0, 0.05) is 11.8 Å². The minimum absolute atomic E-state index is 0.124. The molecule has 2 rings (SSSR count). The monoisotopic (exact) mass is 298 g/mol. The van der Waals surface area contributed by atoms with Gasteiger partial charge in [-0.3, -0.25) is 9.59 Å². The van der Waals surface area contributed by atoms with Crippen molar-refractivity contribution >= 4 is 23.3 Å². The number of anilines is 1. The van der Waals surface area contributed by atoms with Crippen molar-refractivity contribution in [3.63, 3.8) is 0 Å². The number of benzene rings is 1. The Morgan fingerprint density at radius 2 is 1.82 bits per heavy atom. The van der Waals surface area contributed by atoms with Crippen molar-refractivity contribution in [3.8, 4) is 0 Å². The van der Waals surface area contributed by atoms with Gasteiger partial charge in [-0.05, 0) is 31.2 Å². The molecular formula is C16H14N2O4. The Hall–Kier alpha value is -3.02. The molecule has 0 spiro atoms. The van der Waals surface area contributed by atoms with E-state index in [1.807, 2.05) is 0 Å². The first-order chi connectivity index (χ1) is 10.6. The first kappa shape index (κ1) is 15.4. The lowest BCUT2D eigenvalue weighted by molar-refractivity contribution is -0.119. The Morgan fingerprint density at radius 3 is 2.50 bits per heavy atom. The highest BCUT2D eigenvalue weighted by atomic mass is 16.5. The summed E-state index contributed by atoms with van der Waals surface area (Å²) in [6.07, 6.45) is 1.46. The number of hydrogen-bond acceptors (Lipinski definition) is 5. The molecule has 0 saturated heterocycles. The summed E-state index contributed by atoms with van der Waals surface area (Å²) < 4.78 is 4.86. The minimum atomic E-state index is -0.685. The summed E-state index contributed by atoms with van der Waals surface area (Å²) in [5, 5.41) is 2.54. The zero-order valence-electron chi connectivity index (χ0n) is 11.9. The van der Waals surface area contributed by atoms with Gasteiger partial charge in [0.25, 0.3) is 5.91 Å². The molecule has 1 amide bonds. The summed E-state index contributed by atoms with van der Waals surface area (Å²) >= 11 is 0. The second-order valence-electron chi connectivity index (χ2n) is 4.44. The van der Waals surface area contributed by atoms with Gasteiger partial charge < -0.3 is 10.1 Å². The molecule has 0 saturated carbocycles. The number of nitrogens with one attached hydrogen (secondary N) is 1. The van der Waals surface area contributed by atoms with Crippen LogP contribution in [0.3, 0.4) is 0 Å². The highest BCUT2D eigenvalue weighted by Gasteiger charge is 2.13. The Labute approximate surface area is 127 Å². The molecule has 0 atom stereocenters. The van der Waals surface area contributed by atoms with Crippen LogP contribution >= 0.6 is 0 Å². The Bertz CT molecular complexity index is 698. The number of pyridine rings is 1. The SMILES string of the molecule is CC(=O)c1ccccc1NC(=O)COC(=O)c1ccccn1. The Morgan fingerprint density at radius 1 is 1.09 bits per heavy atom. The van der Waals surface area contributed by atoms with E-state index in [1.54, 1.807) is 36.4 Å². The van der Waals surface area contributed by atoms with E-state index in [4.69, 9.17) is 4.74 Å². The van der Waals surface area contributed by atoms with Gasteiger partial charge in [-0.2, -0.15) is 0 Å². The molecule has 6 heteroatoms. The summed E-state index contributed by atoms with van der Waals surface area (Å²) in [5.41, 5.74) is 0.903.